The van der Waals surface area contributed by atoms with Crippen LogP contribution in [0, 0.1) is 17.8 Å². The van der Waals surface area contributed by atoms with Crippen molar-refractivity contribution in [1.82, 2.24) is 0 Å². The van der Waals surface area contributed by atoms with Gasteiger partial charge in [0.15, 0.2) is 24.3 Å². The summed E-state index contributed by atoms with van der Waals surface area (Å²) in [4.78, 5) is 27.0. The summed E-state index contributed by atoms with van der Waals surface area (Å²) in [5.74, 6) is -2.29. The molecule has 0 aromatic heterocycles. The zero-order valence-corrected chi connectivity index (χ0v) is 21.7. The van der Waals surface area contributed by atoms with E-state index in [1.54, 1.807) is 13.8 Å². The monoisotopic (exact) mass is 486 g/mol. The molecule has 196 valence electrons. The van der Waals surface area contributed by atoms with Gasteiger partial charge >= 0.3 is 5.97 Å². The van der Waals surface area contributed by atoms with Crippen molar-refractivity contribution in [1.29, 1.82) is 0 Å². The van der Waals surface area contributed by atoms with Crippen LogP contribution in [0.2, 0.25) is 0 Å². The maximum absolute atomic E-state index is 13.2. The Bertz CT molecular complexity index is 736. The van der Waals surface area contributed by atoms with Crippen LogP contribution in [0.3, 0.4) is 0 Å². The van der Waals surface area contributed by atoms with Crippen LogP contribution in [0.15, 0.2) is 12.2 Å². The minimum Gasteiger partial charge on any atom is -0.456 e. The van der Waals surface area contributed by atoms with E-state index in [0.29, 0.717) is 12.8 Å². The standard InChI is InChI=1S/C25H43NO8/c1-13-11-14(2)21(33-24-20(29)18(26(7)8)12-15(3)32-24)16(4)23(30)34-22(17(5)27)25(6,31)10-9-19(13)28/h9-10,13-18,20-22,24,27,29,31H,11-12H2,1-8H3/p+1/b10-9+/t13-,14+,15-,16-,17-,18+,20-,21+,22-,24+,25+/m1/s1. The number of aliphatic hydroxyl groups excluding tert-OH is 2. The maximum atomic E-state index is 13.2. The first-order valence-electron chi connectivity index (χ1n) is 12.3. The largest absolute Gasteiger partial charge is 0.456 e. The smallest absolute Gasteiger partial charge is 0.311 e. The third-order valence-electron chi connectivity index (χ3n) is 7.16. The Hall–Kier alpha value is -1.36. The van der Waals surface area contributed by atoms with E-state index >= 15 is 0 Å². The molecule has 0 amide bonds. The van der Waals surface area contributed by atoms with Gasteiger partial charge in [0.1, 0.15) is 11.6 Å². The number of quaternary nitrogens is 1. The first kappa shape index (κ1) is 28.9. The number of carbonyl (C=O) groups is 2. The molecule has 0 radical (unpaired) electrons. The summed E-state index contributed by atoms with van der Waals surface area (Å²) >= 11 is 0. The number of ether oxygens (including phenoxy) is 3. The Morgan fingerprint density at radius 1 is 1.18 bits per heavy atom. The molecule has 0 aromatic carbocycles. The SMILES string of the molecule is C[C@@H]1C[C@H]([NH+](C)C)[C@@H](O)[C@H](O[C@H]2[C@@H](C)C[C@@H](C)C(=O)/C=C/[C@](C)(O)[C@@H]([C@@H](C)O)OC(=O)[C@@H]2C)O1. The molecule has 2 heterocycles. The lowest BCUT2D eigenvalue weighted by Gasteiger charge is -2.42. The Kier molecular flexibility index (Phi) is 9.84. The fourth-order valence-corrected chi connectivity index (χ4v) is 5.03. The number of aliphatic hydroxyl groups is 3. The minimum absolute atomic E-state index is 0.0992. The molecule has 1 saturated heterocycles. The highest BCUT2D eigenvalue weighted by Crippen LogP contribution is 2.31. The van der Waals surface area contributed by atoms with Gasteiger partial charge in [-0.15, -0.1) is 0 Å². The third-order valence-corrected chi connectivity index (χ3v) is 7.16. The zero-order chi connectivity index (χ0) is 26.0. The van der Waals surface area contributed by atoms with Crippen LogP contribution in [-0.4, -0.2) is 89.6 Å². The lowest BCUT2D eigenvalue weighted by molar-refractivity contribution is -0.893. The van der Waals surface area contributed by atoms with Gasteiger partial charge in [-0.05, 0) is 52.2 Å². The van der Waals surface area contributed by atoms with Gasteiger partial charge in [0.05, 0.1) is 38.3 Å². The number of esters is 1. The lowest BCUT2D eigenvalue weighted by Crippen LogP contribution is -3.12. The molecule has 1 fully saturated rings. The molecule has 4 N–H and O–H groups in total. The van der Waals surface area contributed by atoms with E-state index in [4.69, 9.17) is 14.2 Å². The van der Waals surface area contributed by atoms with Crippen LogP contribution in [0.4, 0.5) is 0 Å². The van der Waals surface area contributed by atoms with Crippen molar-refractivity contribution in [3.05, 3.63) is 12.2 Å². The van der Waals surface area contributed by atoms with Gasteiger partial charge in [-0.3, -0.25) is 9.59 Å². The predicted octanol–water partition coefficient (Wildman–Crippen LogP) is -0.139. The van der Waals surface area contributed by atoms with Gasteiger partial charge in [0.25, 0.3) is 0 Å². The number of carbonyl (C=O) groups excluding carboxylic acids is 2. The number of hydrogen-bond acceptors (Lipinski definition) is 8. The predicted molar refractivity (Wildman–Crippen MR) is 125 cm³/mol. The molecule has 0 bridgehead atoms. The number of hydrogen-bond donors (Lipinski definition) is 4. The maximum Gasteiger partial charge on any atom is 0.311 e. The molecule has 0 aliphatic carbocycles. The van der Waals surface area contributed by atoms with Crippen LogP contribution < -0.4 is 4.90 Å². The molecule has 11 atom stereocenters. The zero-order valence-electron chi connectivity index (χ0n) is 21.7. The van der Waals surface area contributed by atoms with E-state index in [1.807, 2.05) is 27.9 Å². The van der Waals surface area contributed by atoms with E-state index in [1.165, 1.54) is 26.0 Å². The summed E-state index contributed by atoms with van der Waals surface area (Å²) in [5.41, 5.74) is -1.75. The number of rotatable bonds is 4. The first-order chi connectivity index (χ1) is 15.7. The fraction of sp³-hybridized carbons (Fsp3) is 0.840. The lowest BCUT2D eigenvalue weighted by atomic mass is 9.83. The quantitative estimate of drug-likeness (QED) is 0.405. The minimum atomic E-state index is -1.75. The van der Waals surface area contributed by atoms with E-state index < -0.39 is 54.1 Å². The summed E-state index contributed by atoms with van der Waals surface area (Å²) in [6.45, 7) is 10.0. The number of ketones is 1. The van der Waals surface area contributed by atoms with Crippen molar-refractivity contribution in [3.8, 4) is 0 Å². The van der Waals surface area contributed by atoms with Gasteiger partial charge < -0.3 is 34.4 Å². The van der Waals surface area contributed by atoms with Crippen molar-refractivity contribution >= 4 is 11.8 Å². The Morgan fingerprint density at radius 2 is 1.79 bits per heavy atom. The highest BCUT2D eigenvalue weighted by Gasteiger charge is 2.45. The van der Waals surface area contributed by atoms with Crippen molar-refractivity contribution in [2.45, 2.75) is 103 Å². The summed E-state index contributed by atoms with van der Waals surface area (Å²) in [7, 11) is 3.93. The van der Waals surface area contributed by atoms with Crippen molar-refractivity contribution in [2.24, 2.45) is 17.8 Å². The fourth-order valence-electron chi connectivity index (χ4n) is 5.03. The molecular formula is C25H44NO8+. The number of likely N-dealkylation sites (N-methyl/N-ethyl adjacent to an activating group) is 1. The highest BCUT2D eigenvalue weighted by molar-refractivity contribution is 5.91. The number of allylic oxidation sites excluding steroid dienone is 1. The molecule has 9 nitrogen and oxygen atoms in total. The molecule has 2 rings (SSSR count). The second-order valence-corrected chi connectivity index (χ2v) is 10.8. The summed E-state index contributed by atoms with van der Waals surface area (Å²) in [5, 5.41) is 32.0. The Morgan fingerprint density at radius 3 is 2.35 bits per heavy atom. The molecular weight excluding hydrogens is 442 g/mol. The Labute approximate surface area is 203 Å². The number of nitrogens with one attached hydrogen (secondary N) is 1. The van der Waals surface area contributed by atoms with E-state index in [9.17, 15) is 24.9 Å². The Balaban J connectivity index is 2.40. The van der Waals surface area contributed by atoms with Crippen LogP contribution in [0.1, 0.15) is 54.4 Å². The summed E-state index contributed by atoms with van der Waals surface area (Å²) in [6.07, 6.45) is -1.52. The topological polar surface area (TPSA) is 127 Å². The van der Waals surface area contributed by atoms with Crippen molar-refractivity contribution in [2.75, 3.05) is 14.1 Å². The molecule has 2 aliphatic heterocycles. The van der Waals surface area contributed by atoms with E-state index in [2.05, 4.69) is 0 Å². The van der Waals surface area contributed by atoms with Gasteiger partial charge in [-0.25, -0.2) is 0 Å². The highest BCUT2D eigenvalue weighted by atomic mass is 16.7. The molecule has 2 aliphatic rings. The van der Waals surface area contributed by atoms with Gasteiger partial charge in [-0.1, -0.05) is 13.8 Å². The molecule has 0 spiro atoms. The molecule has 34 heavy (non-hydrogen) atoms. The summed E-state index contributed by atoms with van der Waals surface area (Å²) in [6, 6.07) is -0.0992. The normalized spacial score (nSPS) is 44.6. The summed E-state index contributed by atoms with van der Waals surface area (Å²) < 4.78 is 17.8. The average molecular weight is 487 g/mol. The van der Waals surface area contributed by atoms with Crippen LogP contribution in [0.25, 0.3) is 0 Å². The molecule has 9 heteroatoms. The van der Waals surface area contributed by atoms with Crippen LogP contribution >= 0.6 is 0 Å². The van der Waals surface area contributed by atoms with E-state index in [0.717, 1.165) is 4.90 Å². The van der Waals surface area contributed by atoms with Gasteiger partial charge in [0.2, 0.25) is 0 Å². The van der Waals surface area contributed by atoms with Gasteiger partial charge in [0, 0.05) is 12.3 Å². The molecule has 0 aromatic rings. The average Bonchev–Trinajstić information content (AvgIpc) is 2.73. The number of cyclic esters (lactones) is 1. The third kappa shape index (κ3) is 6.86. The molecule has 0 unspecified atom stereocenters. The second kappa shape index (κ2) is 11.6. The first-order valence-corrected chi connectivity index (χ1v) is 12.3. The van der Waals surface area contributed by atoms with Crippen molar-refractivity contribution in [3.63, 3.8) is 0 Å². The van der Waals surface area contributed by atoms with Crippen LogP contribution in [0.5, 0.6) is 0 Å². The molecule has 0 saturated carbocycles. The van der Waals surface area contributed by atoms with Gasteiger partial charge in [-0.2, -0.15) is 0 Å². The van der Waals surface area contributed by atoms with E-state index in [-0.39, 0.29) is 23.8 Å². The van der Waals surface area contributed by atoms with Crippen LogP contribution in [-0.2, 0) is 23.8 Å². The second-order valence-electron chi connectivity index (χ2n) is 10.8. The van der Waals surface area contributed by atoms with Crippen molar-refractivity contribution < 1.29 is 44.0 Å².